The van der Waals surface area contributed by atoms with Gasteiger partial charge >= 0.3 is 0 Å². The van der Waals surface area contributed by atoms with Crippen LogP contribution < -0.4 is 4.74 Å². The van der Waals surface area contributed by atoms with Gasteiger partial charge in [0.1, 0.15) is 17.6 Å². The smallest absolute Gasteiger partial charge is 0.260 e. The van der Waals surface area contributed by atoms with Crippen LogP contribution in [0.5, 0.6) is 5.75 Å². The van der Waals surface area contributed by atoms with Crippen LogP contribution in [0.2, 0.25) is 0 Å². The summed E-state index contributed by atoms with van der Waals surface area (Å²) in [5.41, 5.74) is 5.38. The molecule has 2 aromatic carbocycles. The van der Waals surface area contributed by atoms with Crippen LogP contribution in [-0.2, 0) is 9.53 Å². The number of ether oxygens (including phenoxy) is 2. The highest BCUT2D eigenvalue weighted by Gasteiger charge is 2.17. The Morgan fingerprint density at radius 2 is 1.94 bits per heavy atom. The largest absolute Gasteiger partial charge is 0.484 e. The molecule has 0 bridgehead atoms. The Hall–Kier alpha value is -3.63. The van der Waals surface area contributed by atoms with Crippen LogP contribution in [0, 0.1) is 25.2 Å². The van der Waals surface area contributed by atoms with Gasteiger partial charge in [-0.1, -0.05) is 12.1 Å². The van der Waals surface area contributed by atoms with E-state index in [4.69, 9.17) is 9.47 Å². The lowest BCUT2D eigenvalue weighted by atomic mass is 10.1. The van der Waals surface area contributed by atoms with Gasteiger partial charge in [0.15, 0.2) is 6.61 Å². The molecule has 7 nitrogen and oxygen atoms in total. The summed E-state index contributed by atoms with van der Waals surface area (Å²) in [5, 5.41) is 9.64. The van der Waals surface area contributed by atoms with Crippen molar-refractivity contribution in [3.63, 3.8) is 0 Å². The molecular weight excluding hydrogens is 392 g/mol. The molecule has 158 valence electrons. The number of carbonyl (C=O) groups is 1. The SMILES string of the molecule is Cc1cc2nc(C(C#N)=Cc3ccc(OCC(=O)N4CCOCC4)cc3)[nH]c2cc1C. The molecule has 0 aliphatic carbocycles. The Labute approximate surface area is 180 Å². The van der Waals surface area contributed by atoms with Crippen molar-refractivity contribution < 1.29 is 14.3 Å². The first-order valence-electron chi connectivity index (χ1n) is 10.2. The molecule has 1 aliphatic heterocycles. The number of fused-ring (bicyclic) bond motifs is 1. The third-order valence-electron chi connectivity index (χ3n) is 5.39. The quantitative estimate of drug-likeness (QED) is 0.643. The molecule has 3 aromatic rings. The number of aryl methyl sites for hydroxylation is 2. The molecule has 0 atom stereocenters. The molecule has 4 rings (SSSR count). The zero-order valence-corrected chi connectivity index (χ0v) is 17.6. The fourth-order valence-corrected chi connectivity index (χ4v) is 3.43. The molecule has 7 heteroatoms. The van der Waals surface area contributed by atoms with Gasteiger partial charge in [-0.2, -0.15) is 5.26 Å². The number of nitriles is 1. The number of allylic oxidation sites excluding steroid dienone is 1. The normalized spacial score (nSPS) is 14.5. The van der Waals surface area contributed by atoms with E-state index in [1.165, 1.54) is 5.56 Å². The van der Waals surface area contributed by atoms with Crippen LogP contribution in [-0.4, -0.2) is 53.7 Å². The first-order chi connectivity index (χ1) is 15.0. The van der Waals surface area contributed by atoms with E-state index < -0.39 is 0 Å². The maximum absolute atomic E-state index is 12.2. The molecule has 0 spiro atoms. The number of carbonyl (C=O) groups excluding carboxylic acids is 1. The summed E-state index contributed by atoms with van der Waals surface area (Å²) in [5.74, 6) is 1.10. The van der Waals surface area contributed by atoms with Crippen LogP contribution in [0.15, 0.2) is 36.4 Å². The minimum Gasteiger partial charge on any atom is -0.484 e. The molecule has 1 amide bonds. The van der Waals surface area contributed by atoms with Crippen LogP contribution >= 0.6 is 0 Å². The predicted octanol–water partition coefficient (Wildman–Crippen LogP) is 3.48. The molecule has 1 aromatic heterocycles. The van der Waals surface area contributed by atoms with Crippen molar-refractivity contribution in [2.75, 3.05) is 32.9 Å². The van der Waals surface area contributed by atoms with Crippen molar-refractivity contribution in [3.8, 4) is 11.8 Å². The highest BCUT2D eigenvalue weighted by atomic mass is 16.5. The van der Waals surface area contributed by atoms with Crippen molar-refractivity contribution >= 4 is 28.6 Å². The van der Waals surface area contributed by atoms with E-state index in [1.54, 1.807) is 23.1 Å². The standard InChI is InChI=1S/C24H24N4O3/c1-16-11-21-22(12-17(16)2)27-24(26-21)19(14-25)13-18-3-5-20(6-4-18)31-15-23(29)28-7-9-30-10-8-28/h3-6,11-13H,7-10,15H2,1-2H3,(H,26,27). The average Bonchev–Trinajstić information content (AvgIpc) is 3.19. The molecule has 1 aliphatic rings. The number of benzene rings is 2. The van der Waals surface area contributed by atoms with Crippen molar-refractivity contribution in [1.82, 2.24) is 14.9 Å². The minimum atomic E-state index is -0.0469. The molecule has 0 unspecified atom stereocenters. The van der Waals surface area contributed by atoms with Crippen molar-refractivity contribution in [1.29, 1.82) is 5.26 Å². The topological polar surface area (TPSA) is 91.2 Å². The third-order valence-corrected chi connectivity index (χ3v) is 5.39. The number of amides is 1. The van der Waals surface area contributed by atoms with Crippen LogP contribution in [0.4, 0.5) is 0 Å². The van der Waals surface area contributed by atoms with Gasteiger partial charge in [-0.05, 0) is 60.9 Å². The fourth-order valence-electron chi connectivity index (χ4n) is 3.43. The van der Waals surface area contributed by atoms with Gasteiger partial charge < -0.3 is 19.4 Å². The van der Waals surface area contributed by atoms with E-state index in [-0.39, 0.29) is 12.5 Å². The predicted molar refractivity (Wildman–Crippen MR) is 118 cm³/mol. The third kappa shape index (κ3) is 4.76. The summed E-state index contributed by atoms with van der Waals surface area (Å²) in [6.07, 6.45) is 1.78. The summed E-state index contributed by atoms with van der Waals surface area (Å²) in [4.78, 5) is 21.7. The number of hydrogen-bond donors (Lipinski definition) is 1. The van der Waals surface area contributed by atoms with E-state index in [1.807, 2.05) is 31.2 Å². The molecule has 2 heterocycles. The van der Waals surface area contributed by atoms with Gasteiger partial charge in [0.25, 0.3) is 5.91 Å². The number of aromatic nitrogens is 2. The molecule has 31 heavy (non-hydrogen) atoms. The monoisotopic (exact) mass is 416 g/mol. The second-order valence-corrected chi connectivity index (χ2v) is 7.56. The molecule has 1 fully saturated rings. The highest BCUT2D eigenvalue weighted by Crippen LogP contribution is 2.23. The molecule has 1 N–H and O–H groups in total. The van der Waals surface area contributed by atoms with E-state index >= 15 is 0 Å². The van der Waals surface area contributed by atoms with Gasteiger partial charge in [-0.3, -0.25) is 4.79 Å². The molecule has 1 saturated heterocycles. The lowest BCUT2D eigenvalue weighted by Crippen LogP contribution is -2.42. The first kappa shape index (κ1) is 20.6. The van der Waals surface area contributed by atoms with E-state index in [0.717, 1.165) is 22.2 Å². The van der Waals surface area contributed by atoms with Crippen LogP contribution in [0.3, 0.4) is 0 Å². The number of nitrogens with one attached hydrogen (secondary N) is 1. The van der Waals surface area contributed by atoms with Gasteiger partial charge in [-0.25, -0.2) is 4.98 Å². The van der Waals surface area contributed by atoms with E-state index in [2.05, 4.69) is 23.0 Å². The zero-order valence-electron chi connectivity index (χ0n) is 17.6. The van der Waals surface area contributed by atoms with Gasteiger partial charge in [0, 0.05) is 13.1 Å². The highest BCUT2D eigenvalue weighted by molar-refractivity contribution is 5.90. The second-order valence-electron chi connectivity index (χ2n) is 7.56. The van der Waals surface area contributed by atoms with Crippen molar-refractivity contribution in [2.45, 2.75) is 13.8 Å². The summed E-state index contributed by atoms with van der Waals surface area (Å²) < 4.78 is 10.9. The number of hydrogen-bond acceptors (Lipinski definition) is 5. The zero-order chi connectivity index (χ0) is 21.8. The summed E-state index contributed by atoms with van der Waals surface area (Å²) in [7, 11) is 0. The van der Waals surface area contributed by atoms with E-state index in [9.17, 15) is 10.1 Å². The summed E-state index contributed by atoms with van der Waals surface area (Å²) in [6.45, 7) is 6.43. The first-order valence-corrected chi connectivity index (χ1v) is 10.2. The van der Waals surface area contributed by atoms with Crippen molar-refractivity contribution in [2.24, 2.45) is 0 Å². The number of H-pyrrole nitrogens is 1. The average molecular weight is 416 g/mol. The minimum absolute atomic E-state index is 0.00352. The fraction of sp³-hybridized carbons (Fsp3) is 0.292. The maximum Gasteiger partial charge on any atom is 0.260 e. The second kappa shape index (κ2) is 9.02. The lowest BCUT2D eigenvalue weighted by molar-refractivity contribution is -0.137. The number of nitrogens with zero attached hydrogens (tertiary/aromatic N) is 3. The Morgan fingerprint density at radius 1 is 1.23 bits per heavy atom. The number of morpholine rings is 1. The molecule has 0 saturated carbocycles. The Kier molecular flexibility index (Phi) is 6.01. The van der Waals surface area contributed by atoms with Gasteiger partial charge in [-0.15, -0.1) is 0 Å². The maximum atomic E-state index is 12.2. The van der Waals surface area contributed by atoms with E-state index in [0.29, 0.717) is 43.5 Å². The Bertz CT molecular complexity index is 1130. The number of rotatable bonds is 5. The van der Waals surface area contributed by atoms with Crippen LogP contribution in [0.25, 0.3) is 22.7 Å². The van der Waals surface area contributed by atoms with Crippen LogP contribution in [0.1, 0.15) is 22.5 Å². The Morgan fingerprint density at radius 3 is 2.65 bits per heavy atom. The number of imidazole rings is 1. The van der Waals surface area contributed by atoms with Crippen molar-refractivity contribution in [3.05, 3.63) is 58.9 Å². The van der Waals surface area contributed by atoms with Gasteiger partial charge in [0.05, 0.1) is 29.8 Å². The molecule has 0 radical (unpaired) electrons. The Balaban J connectivity index is 1.45. The molecular formula is C24H24N4O3. The lowest BCUT2D eigenvalue weighted by Gasteiger charge is -2.26. The number of aromatic amines is 1. The summed E-state index contributed by atoms with van der Waals surface area (Å²) >= 11 is 0. The summed E-state index contributed by atoms with van der Waals surface area (Å²) in [6, 6.07) is 13.6. The van der Waals surface area contributed by atoms with Gasteiger partial charge in [0.2, 0.25) is 0 Å².